The largest absolute Gasteiger partial charge is 0.668 e. The van der Waals surface area contributed by atoms with Crippen LogP contribution in [0.3, 0.4) is 0 Å². The lowest BCUT2D eigenvalue weighted by Crippen LogP contribution is -2.30. The second-order valence-corrected chi connectivity index (χ2v) is 12.1. The van der Waals surface area contributed by atoms with Crippen molar-refractivity contribution in [2.45, 2.75) is 95.7 Å². The van der Waals surface area contributed by atoms with Crippen LogP contribution in [-0.2, 0) is 17.6 Å². The third kappa shape index (κ3) is 10.6. The Labute approximate surface area is 256 Å². The summed E-state index contributed by atoms with van der Waals surface area (Å²) in [6, 6.07) is 13.2. The number of aromatic nitrogens is 2. The van der Waals surface area contributed by atoms with Crippen molar-refractivity contribution in [1.29, 1.82) is 0 Å². The molecule has 5 atom stereocenters. The molecule has 2 aromatic heterocycles. The molecule has 5 unspecified atom stereocenters. The molecule has 2 heterocycles. The molecule has 43 heavy (non-hydrogen) atoms. The number of phenols is 1. The number of anilines is 1. The number of hydrogen-bond acceptors (Lipinski definition) is 7. The van der Waals surface area contributed by atoms with E-state index in [1.54, 1.807) is 18.5 Å². The lowest BCUT2D eigenvalue weighted by molar-refractivity contribution is -0.0372. The quantitative estimate of drug-likeness (QED) is 0.145. The van der Waals surface area contributed by atoms with E-state index in [2.05, 4.69) is 16.9 Å². The number of ether oxygens (including phenoxy) is 2. The Morgan fingerprint density at radius 2 is 1.95 bits per heavy atom. The van der Waals surface area contributed by atoms with Gasteiger partial charge in [0.15, 0.2) is 11.5 Å². The van der Waals surface area contributed by atoms with Crippen LogP contribution >= 0.6 is 0 Å². The first kappa shape index (κ1) is 32.8. The molecule has 0 spiro atoms. The zero-order valence-electron chi connectivity index (χ0n) is 25.6. The van der Waals surface area contributed by atoms with Crippen LogP contribution in [0.25, 0.3) is 0 Å². The first-order valence-corrected chi connectivity index (χ1v) is 16.1. The summed E-state index contributed by atoms with van der Waals surface area (Å²) in [5.74, 6) is 2.38. The fourth-order valence-electron chi connectivity index (χ4n) is 6.46. The van der Waals surface area contributed by atoms with Gasteiger partial charge < -0.3 is 35.5 Å². The maximum atomic E-state index is 11.0. The molecule has 1 fully saturated rings. The number of nitrogen functional groups attached to an aromatic ring is 1. The van der Waals surface area contributed by atoms with Crippen LogP contribution in [0, 0.1) is 11.8 Å². The van der Waals surface area contributed by atoms with Crippen molar-refractivity contribution in [2.24, 2.45) is 11.8 Å². The molecule has 4 rings (SSSR count). The standard InChI is InChI=1S/C35H50N3O5/c1-2-25-5-3-6-27(11-8-25)33(43-20-18-39)24-31(40)12-9-26-10-13-32(41)34(21-26)42-19-15-29(22-30-7-4-16-37-30)28-14-17-38-35(36)23-28/h4,7,10,13-14,16-17,21,23,25,27,29,31,33,39-41H,2-3,5-6,8-9,11-12,15,18-20,22,24H2,1H3,(H2,36,38)/q-1. The molecular formula is C35H50N3O5-. The summed E-state index contributed by atoms with van der Waals surface area (Å²) >= 11 is 0. The Balaban J connectivity index is 1.31. The predicted molar refractivity (Wildman–Crippen MR) is 169 cm³/mol. The van der Waals surface area contributed by atoms with Crippen LogP contribution in [0.1, 0.15) is 87.4 Å². The number of benzene rings is 1. The first-order valence-electron chi connectivity index (χ1n) is 16.1. The molecule has 1 aliphatic carbocycles. The Hall–Kier alpha value is -3.07. The number of aliphatic hydroxyl groups is 2. The highest BCUT2D eigenvalue weighted by Gasteiger charge is 2.28. The van der Waals surface area contributed by atoms with E-state index in [0.29, 0.717) is 56.4 Å². The molecule has 5 N–H and O–H groups in total. The van der Waals surface area contributed by atoms with Gasteiger partial charge in [-0.2, -0.15) is 11.9 Å². The van der Waals surface area contributed by atoms with Crippen molar-refractivity contribution in [3.63, 3.8) is 0 Å². The summed E-state index contributed by atoms with van der Waals surface area (Å²) in [4.78, 5) is 8.56. The highest BCUT2D eigenvalue weighted by Crippen LogP contribution is 2.34. The van der Waals surface area contributed by atoms with E-state index in [1.165, 1.54) is 25.7 Å². The average Bonchev–Trinajstić information content (AvgIpc) is 3.41. The molecule has 0 saturated heterocycles. The highest BCUT2D eigenvalue weighted by atomic mass is 16.5. The van der Waals surface area contributed by atoms with Crippen molar-refractivity contribution >= 4 is 5.82 Å². The van der Waals surface area contributed by atoms with Crippen LogP contribution in [0.15, 0.2) is 54.9 Å². The number of rotatable bonds is 17. The molecule has 236 valence electrons. The lowest BCUT2D eigenvalue weighted by Gasteiger charge is -2.28. The summed E-state index contributed by atoms with van der Waals surface area (Å²) in [6.07, 6.45) is 13.4. The topological polar surface area (TPSA) is 132 Å². The Bertz CT molecular complexity index is 1200. The van der Waals surface area contributed by atoms with Gasteiger partial charge in [0.05, 0.1) is 32.0 Å². The van der Waals surface area contributed by atoms with Crippen LogP contribution in [0.5, 0.6) is 11.5 Å². The molecule has 0 radical (unpaired) electrons. The van der Waals surface area contributed by atoms with Gasteiger partial charge in [0, 0.05) is 6.20 Å². The molecule has 1 aromatic carbocycles. The van der Waals surface area contributed by atoms with Crippen molar-refractivity contribution in [3.05, 3.63) is 71.7 Å². The van der Waals surface area contributed by atoms with Gasteiger partial charge in [0.1, 0.15) is 5.82 Å². The molecular weight excluding hydrogens is 542 g/mol. The maximum absolute atomic E-state index is 11.0. The Morgan fingerprint density at radius 1 is 1.07 bits per heavy atom. The fraction of sp³-hybridized carbons (Fsp3) is 0.571. The molecule has 1 aliphatic rings. The smallest absolute Gasteiger partial charge is 0.161 e. The summed E-state index contributed by atoms with van der Waals surface area (Å²) in [5, 5.41) is 30.9. The number of nitrogens with zero attached hydrogens (tertiary/aromatic N) is 2. The molecule has 8 nitrogen and oxygen atoms in total. The summed E-state index contributed by atoms with van der Waals surface area (Å²) in [6.45, 7) is 2.99. The SMILES string of the molecule is CCC1CCCC(C(CC(O)CCc2ccc(O)c(OCCC(Cc3ccc[n-]3)c3ccnc(N)c3)c2)OCCO)CC1. The number of pyridine rings is 1. The van der Waals surface area contributed by atoms with Crippen molar-refractivity contribution < 1.29 is 24.8 Å². The maximum Gasteiger partial charge on any atom is 0.161 e. The molecule has 3 aromatic rings. The van der Waals surface area contributed by atoms with E-state index in [9.17, 15) is 15.3 Å². The minimum Gasteiger partial charge on any atom is -0.668 e. The number of aryl methyl sites for hydroxylation is 1. The fourth-order valence-corrected chi connectivity index (χ4v) is 6.46. The third-order valence-corrected chi connectivity index (χ3v) is 9.03. The van der Waals surface area contributed by atoms with E-state index in [0.717, 1.165) is 42.0 Å². The predicted octanol–water partition coefficient (Wildman–Crippen LogP) is 5.79. The van der Waals surface area contributed by atoms with Gasteiger partial charge in [-0.3, -0.25) is 0 Å². The van der Waals surface area contributed by atoms with Gasteiger partial charge in [0.2, 0.25) is 0 Å². The van der Waals surface area contributed by atoms with Gasteiger partial charge in [-0.15, -0.1) is 0 Å². The average molecular weight is 593 g/mol. The Kier molecular flexibility index (Phi) is 13.2. The number of aromatic hydroxyl groups is 1. The number of aliphatic hydroxyl groups excluding tert-OH is 2. The second kappa shape index (κ2) is 17.3. The van der Waals surface area contributed by atoms with Crippen molar-refractivity contribution in [3.8, 4) is 11.5 Å². The van der Waals surface area contributed by atoms with Crippen LogP contribution in [0.2, 0.25) is 0 Å². The summed E-state index contributed by atoms with van der Waals surface area (Å²) in [5.41, 5.74) is 9.05. The van der Waals surface area contributed by atoms with Gasteiger partial charge in [-0.1, -0.05) is 50.8 Å². The highest BCUT2D eigenvalue weighted by molar-refractivity contribution is 5.42. The first-order chi connectivity index (χ1) is 20.9. The molecule has 0 bridgehead atoms. The van der Waals surface area contributed by atoms with E-state index in [-0.39, 0.29) is 24.4 Å². The second-order valence-electron chi connectivity index (χ2n) is 12.1. The summed E-state index contributed by atoms with van der Waals surface area (Å²) < 4.78 is 12.2. The van der Waals surface area contributed by atoms with Gasteiger partial charge in [-0.05, 0) is 98.1 Å². The van der Waals surface area contributed by atoms with Crippen LogP contribution in [0.4, 0.5) is 5.82 Å². The lowest BCUT2D eigenvalue weighted by atomic mass is 9.88. The van der Waals surface area contributed by atoms with Crippen LogP contribution in [-0.4, -0.2) is 52.3 Å². The molecule has 8 heteroatoms. The van der Waals surface area contributed by atoms with Crippen LogP contribution < -0.4 is 15.5 Å². The van der Waals surface area contributed by atoms with Gasteiger partial charge in [-0.25, -0.2) is 4.98 Å². The van der Waals surface area contributed by atoms with E-state index in [1.807, 2.05) is 36.4 Å². The zero-order chi connectivity index (χ0) is 30.4. The number of hydrogen-bond donors (Lipinski definition) is 4. The molecule has 0 aliphatic heterocycles. The normalized spacial score (nSPS) is 19.4. The number of nitrogens with two attached hydrogens (primary N) is 1. The minimum atomic E-state index is -0.509. The van der Waals surface area contributed by atoms with Gasteiger partial charge >= 0.3 is 0 Å². The minimum absolute atomic E-state index is 0.00501. The van der Waals surface area contributed by atoms with E-state index < -0.39 is 6.10 Å². The molecule has 1 saturated carbocycles. The number of phenolic OH excluding ortho intramolecular Hbond substituents is 1. The van der Waals surface area contributed by atoms with E-state index in [4.69, 9.17) is 15.2 Å². The summed E-state index contributed by atoms with van der Waals surface area (Å²) in [7, 11) is 0. The van der Waals surface area contributed by atoms with Crippen molar-refractivity contribution in [2.75, 3.05) is 25.6 Å². The van der Waals surface area contributed by atoms with E-state index >= 15 is 0 Å². The Morgan fingerprint density at radius 3 is 2.72 bits per heavy atom. The zero-order valence-corrected chi connectivity index (χ0v) is 25.6. The molecule has 0 amide bonds. The van der Waals surface area contributed by atoms with Crippen molar-refractivity contribution in [1.82, 2.24) is 9.97 Å². The monoisotopic (exact) mass is 592 g/mol. The van der Waals surface area contributed by atoms with Gasteiger partial charge in [0.25, 0.3) is 0 Å². The third-order valence-electron chi connectivity index (χ3n) is 9.03.